The van der Waals surface area contributed by atoms with Crippen LogP contribution in [-0.4, -0.2) is 15.5 Å². The van der Waals surface area contributed by atoms with E-state index in [-0.39, 0.29) is 5.41 Å². The van der Waals surface area contributed by atoms with Crippen LogP contribution in [0.3, 0.4) is 0 Å². The Labute approximate surface area is 170 Å². The van der Waals surface area contributed by atoms with Crippen LogP contribution in [0.25, 0.3) is 0 Å². The van der Waals surface area contributed by atoms with Crippen molar-refractivity contribution in [1.82, 2.24) is 0 Å². The molecule has 3 aromatic carbocycles. The minimum atomic E-state index is -3.21. The van der Waals surface area contributed by atoms with E-state index in [0.29, 0.717) is 5.75 Å². The van der Waals surface area contributed by atoms with E-state index < -0.39 is 5.69 Å². The van der Waals surface area contributed by atoms with Crippen LogP contribution in [0.4, 0.5) is 0 Å². The molecule has 2 N–H and O–H groups in total. The van der Waals surface area contributed by atoms with Gasteiger partial charge in [-0.05, 0) is 41.3 Å². The quantitative estimate of drug-likeness (QED) is 0.280. The van der Waals surface area contributed by atoms with Crippen LogP contribution in [0.2, 0.25) is 0 Å². The highest BCUT2D eigenvalue weighted by Crippen LogP contribution is 2.51. The Hall–Kier alpha value is -1.42. The van der Waals surface area contributed by atoms with Crippen LogP contribution in [0.1, 0.15) is 29.5 Å². The molecule has 0 spiro atoms. The highest BCUT2D eigenvalue weighted by atomic mass is 32.9. The molecule has 0 fully saturated rings. The fraction of sp³-hybridized carbons (Fsp3) is 0.182. The summed E-state index contributed by atoms with van der Waals surface area (Å²) in [6, 6.07) is 31.6. The molecule has 0 aromatic heterocycles. The predicted molar refractivity (Wildman–Crippen MR) is 120 cm³/mol. The number of benzene rings is 3. The summed E-state index contributed by atoms with van der Waals surface area (Å²) in [5.41, 5.74) is 0.200. The second-order valence-electron chi connectivity index (χ2n) is 6.43. The molecule has 0 aliphatic carbocycles. The fourth-order valence-electron chi connectivity index (χ4n) is 3.62. The second kappa shape index (κ2) is 9.18. The van der Waals surface area contributed by atoms with E-state index in [1.165, 1.54) is 16.7 Å². The number of rotatable bonds is 8. The largest absolute Gasteiger partial charge is 0.338 e. The molecular weight excluding hydrogens is 391 g/mol. The molecule has 5 heteroatoms. The molecular formula is C22H23O2PS2. The standard InChI is InChI=1S/C22H23O2PS2/c23-25(24,26)27-18-10-17-22(19-11-4-1-5-12-19,20-13-6-2-7-14-20)21-15-8-3-9-16-21/h1-9,11-16H,10,17-18H2,(H2,23,24,26). The van der Waals surface area contributed by atoms with Gasteiger partial charge in [-0.1, -0.05) is 102 Å². The van der Waals surface area contributed by atoms with Gasteiger partial charge in [-0.2, -0.15) is 0 Å². The van der Waals surface area contributed by atoms with Crippen molar-refractivity contribution in [3.63, 3.8) is 0 Å². The Balaban J connectivity index is 2.07. The van der Waals surface area contributed by atoms with Crippen molar-refractivity contribution in [3.8, 4) is 0 Å². The van der Waals surface area contributed by atoms with Crippen LogP contribution >= 0.6 is 17.1 Å². The molecule has 0 heterocycles. The molecule has 0 saturated carbocycles. The van der Waals surface area contributed by atoms with Crippen LogP contribution in [0, 0.1) is 0 Å². The van der Waals surface area contributed by atoms with Crippen molar-refractivity contribution in [1.29, 1.82) is 0 Å². The molecule has 0 saturated heterocycles. The maximum absolute atomic E-state index is 9.54. The van der Waals surface area contributed by atoms with Crippen molar-refractivity contribution in [2.45, 2.75) is 18.3 Å². The summed E-state index contributed by atoms with van der Waals surface area (Å²) in [6.07, 6.45) is 1.68. The van der Waals surface area contributed by atoms with Gasteiger partial charge in [0.1, 0.15) is 0 Å². The summed E-state index contributed by atoms with van der Waals surface area (Å²) >= 11 is 5.85. The van der Waals surface area contributed by atoms with Crippen LogP contribution in [0.5, 0.6) is 0 Å². The summed E-state index contributed by atoms with van der Waals surface area (Å²) < 4.78 is 0. The minimum absolute atomic E-state index is 0.294. The minimum Gasteiger partial charge on any atom is -0.338 e. The molecule has 3 rings (SSSR count). The molecule has 27 heavy (non-hydrogen) atoms. The van der Waals surface area contributed by atoms with Crippen molar-refractivity contribution in [2.24, 2.45) is 0 Å². The van der Waals surface area contributed by atoms with Crippen molar-refractivity contribution < 1.29 is 9.79 Å². The summed E-state index contributed by atoms with van der Waals surface area (Å²) in [5.74, 6) is 0.624. The number of hydrogen-bond acceptors (Lipinski definition) is 2. The molecule has 140 valence electrons. The van der Waals surface area contributed by atoms with E-state index in [0.717, 1.165) is 24.2 Å². The van der Waals surface area contributed by atoms with E-state index in [1.807, 2.05) is 18.2 Å². The van der Waals surface area contributed by atoms with Gasteiger partial charge in [-0.25, -0.2) is 0 Å². The van der Waals surface area contributed by atoms with Crippen LogP contribution in [0.15, 0.2) is 91.0 Å². The van der Waals surface area contributed by atoms with Gasteiger partial charge >= 0.3 is 0 Å². The zero-order valence-corrected chi connectivity index (χ0v) is 17.5. The van der Waals surface area contributed by atoms with E-state index in [1.54, 1.807) is 0 Å². The molecule has 2 nitrogen and oxygen atoms in total. The first-order valence-electron chi connectivity index (χ1n) is 8.89. The first-order valence-corrected chi connectivity index (χ1v) is 13.2. The van der Waals surface area contributed by atoms with Gasteiger partial charge in [0.25, 0.3) is 0 Å². The van der Waals surface area contributed by atoms with Gasteiger partial charge in [-0.15, -0.1) is 0 Å². The normalized spacial score (nSPS) is 12.1. The van der Waals surface area contributed by atoms with Crippen molar-refractivity contribution in [3.05, 3.63) is 108 Å². The SMILES string of the molecule is OP(O)(=S)SCCCC(c1ccccc1)(c1ccccc1)c1ccccc1. The topological polar surface area (TPSA) is 40.5 Å². The van der Waals surface area contributed by atoms with Crippen molar-refractivity contribution >= 4 is 28.9 Å². The molecule has 0 aliphatic rings. The third-order valence-corrected chi connectivity index (χ3v) is 8.07. The van der Waals surface area contributed by atoms with Gasteiger partial charge in [0, 0.05) is 11.2 Å². The third-order valence-electron chi connectivity index (χ3n) is 4.76. The predicted octanol–water partition coefficient (Wildman–Crippen LogP) is 5.74. The average Bonchev–Trinajstić information content (AvgIpc) is 2.70. The summed E-state index contributed by atoms with van der Waals surface area (Å²) in [6.45, 7) is 0. The summed E-state index contributed by atoms with van der Waals surface area (Å²) in [5, 5.41) is 0. The Kier molecular flexibility index (Phi) is 6.91. The third kappa shape index (κ3) is 5.10. The molecule has 3 aromatic rings. The maximum Gasteiger partial charge on any atom is 0.242 e. The Morgan fingerprint density at radius 2 is 1.07 bits per heavy atom. The Morgan fingerprint density at radius 3 is 1.41 bits per heavy atom. The summed E-state index contributed by atoms with van der Waals surface area (Å²) in [7, 11) is 0. The molecule has 0 atom stereocenters. The first-order chi connectivity index (χ1) is 13.0. The number of hydrogen-bond donors (Lipinski definition) is 2. The lowest BCUT2D eigenvalue weighted by Crippen LogP contribution is -2.29. The van der Waals surface area contributed by atoms with Gasteiger partial charge in [0.15, 0.2) is 0 Å². The van der Waals surface area contributed by atoms with Gasteiger partial charge in [0.05, 0.1) is 0 Å². The van der Waals surface area contributed by atoms with E-state index in [2.05, 4.69) is 72.8 Å². The molecule has 0 radical (unpaired) electrons. The van der Waals surface area contributed by atoms with E-state index in [4.69, 9.17) is 11.8 Å². The lowest BCUT2D eigenvalue weighted by Gasteiger charge is -2.36. The highest BCUT2D eigenvalue weighted by Gasteiger charge is 2.35. The van der Waals surface area contributed by atoms with Gasteiger partial charge < -0.3 is 9.79 Å². The Morgan fingerprint density at radius 1 is 0.704 bits per heavy atom. The van der Waals surface area contributed by atoms with Crippen LogP contribution in [-0.2, 0) is 17.2 Å². The average molecular weight is 415 g/mol. The van der Waals surface area contributed by atoms with E-state index in [9.17, 15) is 9.79 Å². The Bertz CT molecular complexity index is 783. The zero-order chi connectivity index (χ0) is 19.2. The highest BCUT2D eigenvalue weighted by molar-refractivity contribution is 8.67. The zero-order valence-electron chi connectivity index (χ0n) is 14.9. The van der Waals surface area contributed by atoms with Crippen LogP contribution < -0.4 is 0 Å². The first kappa shape index (κ1) is 20.3. The van der Waals surface area contributed by atoms with E-state index >= 15 is 0 Å². The molecule has 0 aliphatic heterocycles. The monoisotopic (exact) mass is 414 g/mol. The molecule has 0 bridgehead atoms. The van der Waals surface area contributed by atoms with Gasteiger partial charge in [-0.3, -0.25) is 0 Å². The second-order valence-corrected chi connectivity index (χ2v) is 12.6. The smallest absolute Gasteiger partial charge is 0.242 e. The maximum atomic E-state index is 9.54. The summed E-state index contributed by atoms with van der Waals surface area (Å²) in [4.78, 5) is 19.1. The lowest BCUT2D eigenvalue weighted by atomic mass is 9.67. The van der Waals surface area contributed by atoms with Gasteiger partial charge in [0.2, 0.25) is 5.69 Å². The lowest BCUT2D eigenvalue weighted by molar-refractivity contribution is 0.501. The molecule has 0 amide bonds. The molecule has 0 unspecified atom stereocenters. The van der Waals surface area contributed by atoms with Crippen molar-refractivity contribution in [2.75, 3.05) is 5.75 Å². The fourth-order valence-corrected chi connectivity index (χ4v) is 5.90.